The highest BCUT2D eigenvalue weighted by Gasteiger charge is 2.22. The minimum Gasteiger partial charge on any atom is -0.298 e. The number of benzene rings is 1. The number of para-hydroxylation sites is 1. The van der Waals surface area contributed by atoms with E-state index in [0.717, 1.165) is 15.6 Å². The van der Waals surface area contributed by atoms with Gasteiger partial charge in [-0.15, -0.1) is 10.2 Å². The first-order valence-corrected chi connectivity index (χ1v) is 8.16. The van der Waals surface area contributed by atoms with Gasteiger partial charge in [-0.05, 0) is 12.1 Å². The van der Waals surface area contributed by atoms with Crippen LogP contribution in [0.5, 0.6) is 0 Å². The zero-order valence-electron chi connectivity index (χ0n) is 11.6. The third kappa shape index (κ3) is 2.33. The summed E-state index contributed by atoms with van der Waals surface area (Å²) in [4.78, 5) is 12.9. The van der Waals surface area contributed by atoms with Gasteiger partial charge < -0.3 is 0 Å². The van der Waals surface area contributed by atoms with Gasteiger partial charge in [-0.1, -0.05) is 56.0 Å². The number of rotatable bonds is 3. The Morgan fingerprint density at radius 1 is 1.30 bits per heavy atom. The average molecular weight is 305 g/mol. The smallest absolute Gasteiger partial charge is 0.217 e. The van der Waals surface area contributed by atoms with Crippen LogP contribution in [0.25, 0.3) is 15.2 Å². The van der Waals surface area contributed by atoms with E-state index in [1.54, 1.807) is 11.3 Å². The van der Waals surface area contributed by atoms with E-state index in [1.807, 2.05) is 37.3 Å². The number of fused-ring (bicyclic) bond motifs is 3. The highest BCUT2D eigenvalue weighted by molar-refractivity contribution is 7.99. The summed E-state index contributed by atoms with van der Waals surface area (Å²) in [5.74, 6) is 0.646. The third-order valence-electron chi connectivity index (χ3n) is 3.08. The summed E-state index contributed by atoms with van der Waals surface area (Å²) in [5.41, 5.74) is 0.788. The molecule has 0 amide bonds. The van der Waals surface area contributed by atoms with Crippen LogP contribution in [0, 0.1) is 5.41 Å². The fraction of sp³-hybridized carbons (Fsp3) is 0.357. The lowest BCUT2D eigenvalue weighted by molar-refractivity contribution is -0.123. The number of hydrogen-bond acceptors (Lipinski definition) is 5. The fourth-order valence-corrected chi connectivity index (χ4v) is 3.92. The lowest BCUT2D eigenvalue weighted by Gasteiger charge is -2.15. The Balaban J connectivity index is 1.94. The molecule has 3 aromatic rings. The molecular formula is C14H15N3OS2. The van der Waals surface area contributed by atoms with Crippen LogP contribution in [0.1, 0.15) is 20.8 Å². The van der Waals surface area contributed by atoms with Crippen LogP contribution in [0.2, 0.25) is 0 Å². The maximum absolute atomic E-state index is 12.0. The van der Waals surface area contributed by atoms with E-state index in [9.17, 15) is 4.79 Å². The molecule has 0 saturated heterocycles. The number of hydrogen-bond donors (Lipinski definition) is 0. The van der Waals surface area contributed by atoms with Crippen LogP contribution in [0.4, 0.5) is 0 Å². The summed E-state index contributed by atoms with van der Waals surface area (Å²) < 4.78 is 3.21. The number of nitrogens with zero attached hydrogens (tertiary/aromatic N) is 3. The Morgan fingerprint density at radius 2 is 2.05 bits per heavy atom. The topological polar surface area (TPSA) is 47.3 Å². The number of aromatic nitrogens is 3. The molecule has 0 fully saturated rings. The summed E-state index contributed by atoms with van der Waals surface area (Å²) in [5, 5.41) is 9.18. The molecule has 0 atom stereocenters. The lowest BCUT2D eigenvalue weighted by Crippen LogP contribution is -2.22. The fourth-order valence-electron chi connectivity index (χ4n) is 1.80. The van der Waals surface area contributed by atoms with Gasteiger partial charge in [0.2, 0.25) is 4.96 Å². The second-order valence-corrected chi connectivity index (χ2v) is 7.58. The maximum atomic E-state index is 12.0. The van der Waals surface area contributed by atoms with E-state index in [4.69, 9.17) is 0 Å². The van der Waals surface area contributed by atoms with Crippen molar-refractivity contribution >= 4 is 44.1 Å². The summed E-state index contributed by atoms with van der Waals surface area (Å²) in [6.07, 6.45) is 0. The molecule has 104 valence electrons. The van der Waals surface area contributed by atoms with Gasteiger partial charge in [0.05, 0.1) is 16.0 Å². The molecule has 0 aliphatic rings. The van der Waals surface area contributed by atoms with Crippen LogP contribution >= 0.6 is 23.1 Å². The average Bonchev–Trinajstić information content (AvgIpc) is 2.93. The number of ketones is 1. The first-order chi connectivity index (χ1) is 9.47. The van der Waals surface area contributed by atoms with Crippen molar-refractivity contribution in [1.82, 2.24) is 14.6 Å². The molecule has 3 rings (SSSR count). The molecule has 0 saturated carbocycles. The van der Waals surface area contributed by atoms with Crippen LogP contribution < -0.4 is 0 Å². The molecule has 0 N–H and O–H groups in total. The second-order valence-electron chi connectivity index (χ2n) is 5.63. The summed E-state index contributed by atoms with van der Waals surface area (Å²) in [6, 6.07) is 8.15. The first kappa shape index (κ1) is 13.6. The Hall–Kier alpha value is -1.40. The Morgan fingerprint density at radius 3 is 2.80 bits per heavy atom. The van der Waals surface area contributed by atoms with Crippen molar-refractivity contribution in [3.05, 3.63) is 24.3 Å². The van der Waals surface area contributed by atoms with Gasteiger partial charge >= 0.3 is 0 Å². The van der Waals surface area contributed by atoms with Crippen LogP contribution in [0.3, 0.4) is 0 Å². The molecule has 2 aromatic heterocycles. The Labute approximate surface area is 125 Å². The van der Waals surface area contributed by atoms with E-state index < -0.39 is 0 Å². The zero-order chi connectivity index (χ0) is 14.3. The van der Waals surface area contributed by atoms with Crippen molar-refractivity contribution in [2.24, 2.45) is 5.41 Å². The van der Waals surface area contributed by atoms with Crippen LogP contribution in [-0.4, -0.2) is 26.1 Å². The monoisotopic (exact) mass is 305 g/mol. The largest absolute Gasteiger partial charge is 0.298 e. The molecule has 0 aliphatic heterocycles. The predicted octanol–water partition coefficient (Wildman–Crippen LogP) is 3.65. The summed E-state index contributed by atoms with van der Waals surface area (Å²) in [7, 11) is 0. The second kappa shape index (κ2) is 4.86. The molecule has 2 heterocycles. The van der Waals surface area contributed by atoms with Gasteiger partial charge in [-0.3, -0.25) is 9.20 Å². The quantitative estimate of drug-likeness (QED) is 0.693. The maximum Gasteiger partial charge on any atom is 0.217 e. The van der Waals surface area contributed by atoms with E-state index >= 15 is 0 Å². The highest BCUT2D eigenvalue weighted by Crippen LogP contribution is 2.30. The molecule has 0 spiro atoms. The molecule has 0 unspecified atom stereocenters. The van der Waals surface area contributed by atoms with Crippen molar-refractivity contribution in [2.75, 3.05) is 5.75 Å². The van der Waals surface area contributed by atoms with Crippen molar-refractivity contribution in [2.45, 2.75) is 25.9 Å². The van der Waals surface area contributed by atoms with Crippen molar-refractivity contribution in [3.63, 3.8) is 0 Å². The molecule has 0 radical (unpaired) electrons. The van der Waals surface area contributed by atoms with Crippen molar-refractivity contribution in [1.29, 1.82) is 0 Å². The number of carbonyl (C=O) groups excluding carboxylic acids is 1. The molecule has 4 nitrogen and oxygen atoms in total. The van der Waals surface area contributed by atoms with Gasteiger partial charge in [0.25, 0.3) is 0 Å². The zero-order valence-corrected chi connectivity index (χ0v) is 13.2. The molecular weight excluding hydrogens is 290 g/mol. The Bertz CT molecular complexity index is 783. The van der Waals surface area contributed by atoms with Crippen LogP contribution in [-0.2, 0) is 4.79 Å². The molecule has 6 heteroatoms. The predicted molar refractivity (Wildman–Crippen MR) is 83.6 cm³/mol. The van der Waals surface area contributed by atoms with Gasteiger partial charge in [0.15, 0.2) is 5.16 Å². The standard InChI is InChI=1S/C14H15N3OS2/c1-14(2,3)11(18)8-19-12-15-16-13-17(12)9-6-4-5-7-10(9)20-13/h4-7H,8H2,1-3H3. The molecule has 1 aromatic carbocycles. The first-order valence-electron chi connectivity index (χ1n) is 6.35. The van der Waals surface area contributed by atoms with E-state index in [1.165, 1.54) is 16.5 Å². The number of Topliss-reactive ketones (excluding diaryl/α,β-unsaturated/α-hetero) is 1. The van der Waals surface area contributed by atoms with Gasteiger partial charge in [-0.2, -0.15) is 0 Å². The van der Waals surface area contributed by atoms with Gasteiger partial charge in [0.1, 0.15) is 5.78 Å². The van der Waals surface area contributed by atoms with Crippen molar-refractivity contribution < 1.29 is 4.79 Å². The SMILES string of the molecule is CC(C)(C)C(=O)CSc1nnc2sc3ccccc3n12. The number of carbonyl (C=O) groups is 1. The van der Waals surface area contributed by atoms with Gasteiger partial charge in [0, 0.05) is 5.41 Å². The molecule has 0 bridgehead atoms. The molecule has 0 aliphatic carbocycles. The van der Waals surface area contributed by atoms with Crippen molar-refractivity contribution in [3.8, 4) is 0 Å². The van der Waals surface area contributed by atoms with Gasteiger partial charge in [-0.25, -0.2) is 0 Å². The Kier molecular flexibility index (Phi) is 3.30. The van der Waals surface area contributed by atoms with Crippen LogP contribution in [0.15, 0.2) is 29.4 Å². The minimum atomic E-state index is -0.312. The molecule has 20 heavy (non-hydrogen) atoms. The normalized spacial score (nSPS) is 12.3. The summed E-state index contributed by atoms with van der Waals surface area (Å²) in [6.45, 7) is 5.82. The van der Waals surface area contributed by atoms with E-state index in [0.29, 0.717) is 5.75 Å². The third-order valence-corrected chi connectivity index (χ3v) is 5.02. The number of thiazole rings is 1. The minimum absolute atomic E-state index is 0.221. The number of thioether (sulfide) groups is 1. The lowest BCUT2D eigenvalue weighted by atomic mass is 9.92. The van der Waals surface area contributed by atoms with E-state index in [-0.39, 0.29) is 11.2 Å². The summed E-state index contributed by atoms with van der Waals surface area (Å²) >= 11 is 3.07. The highest BCUT2D eigenvalue weighted by atomic mass is 32.2. The van der Waals surface area contributed by atoms with E-state index in [2.05, 4.69) is 22.3 Å².